The minimum atomic E-state index is -1.07. The lowest BCUT2D eigenvalue weighted by Gasteiger charge is -2.03. The number of aromatic nitrogens is 3. The Morgan fingerprint density at radius 1 is 1.23 bits per heavy atom. The molecule has 0 bridgehead atoms. The molecule has 0 amide bonds. The normalized spacial score (nSPS) is 10.6. The number of carbonyl (C=O) groups is 1. The highest BCUT2D eigenvalue weighted by atomic mass is 19.1. The predicted molar refractivity (Wildman–Crippen MR) is 78.4 cm³/mol. The highest BCUT2D eigenvalue weighted by Gasteiger charge is 2.22. The van der Waals surface area contributed by atoms with E-state index in [1.54, 1.807) is 43.6 Å². The molecule has 0 saturated carbocycles. The summed E-state index contributed by atoms with van der Waals surface area (Å²) in [6, 6.07) is 9.17. The summed E-state index contributed by atoms with van der Waals surface area (Å²) in [5, 5.41) is 13.9. The zero-order chi connectivity index (χ0) is 15.7. The number of carboxylic acids is 1. The smallest absolute Gasteiger partial charge is 0.339 e. The van der Waals surface area contributed by atoms with Crippen molar-refractivity contribution in [2.75, 3.05) is 0 Å². The molecule has 6 heteroatoms. The van der Waals surface area contributed by atoms with E-state index in [9.17, 15) is 14.3 Å². The SMILES string of the molecule is Cc1c(C(=O)O)c(-c2cccnc2)nn1-c1ccc(F)cc1. The Hall–Kier alpha value is -3.02. The summed E-state index contributed by atoms with van der Waals surface area (Å²) < 4.78 is 14.5. The molecular formula is C16H12FN3O2. The monoisotopic (exact) mass is 297 g/mol. The van der Waals surface area contributed by atoms with Crippen LogP contribution in [0.15, 0.2) is 48.8 Å². The molecule has 1 aromatic carbocycles. The molecule has 3 aromatic rings. The minimum absolute atomic E-state index is 0.109. The molecule has 0 aliphatic rings. The van der Waals surface area contributed by atoms with Crippen LogP contribution in [0.25, 0.3) is 16.9 Å². The number of hydrogen-bond donors (Lipinski definition) is 1. The third kappa shape index (κ3) is 2.35. The summed E-state index contributed by atoms with van der Waals surface area (Å²) in [4.78, 5) is 15.6. The van der Waals surface area contributed by atoms with Gasteiger partial charge in [0, 0.05) is 18.0 Å². The lowest BCUT2D eigenvalue weighted by Crippen LogP contribution is -2.02. The number of nitrogens with zero attached hydrogens (tertiary/aromatic N) is 3. The molecule has 0 spiro atoms. The van der Waals surface area contributed by atoms with E-state index in [4.69, 9.17) is 0 Å². The second kappa shape index (κ2) is 5.40. The van der Waals surface area contributed by atoms with Crippen LogP contribution in [-0.2, 0) is 0 Å². The number of rotatable bonds is 3. The maximum Gasteiger partial charge on any atom is 0.339 e. The average molecular weight is 297 g/mol. The summed E-state index contributed by atoms with van der Waals surface area (Å²) >= 11 is 0. The number of halogens is 1. The molecule has 1 N–H and O–H groups in total. The molecule has 0 fully saturated rings. The fourth-order valence-electron chi connectivity index (χ4n) is 2.30. The lowest BCUT2D eigenvalue weighted by molar-refractivity contribution is 0.0697. The first kappa shape index (κ1) is 13.9. The van der Waals surface area contributed by atoms with Gasteiger partial charge in [-0.25, -0.2) is 13.9 Å². The molecule has 2 heterocycles. The molecule has 5 nitrogen and oxygen atoms in total. The Morgan fingerprint density at radius 3 is 2.55 bits per heavy atom. The summed E-state index contributed by atoms with van der Waals surface area (Å²) in [6.07, 6.45) is 3.16. The Balaban J connectivity index is 2.22. The number of aromatic carboxylic acids is 1. The third-order valence-electron chi connectivity index (χ3n) is 3.34. The van der Waals surface area contributed by atoms with Crippen LogP contribution in [0.2, 0.25) is 0 Å². The Kier molecular flexibility index (Phi) is 3.42. The zero-order valence-electron chi connectivity index (χ0n) is 11.7. The van der Waals surface area contributed by atoms with Crippen LogP contribution in [0.3, 0.4) is 0 Å². The van der Waals surface area contributed by atoms with E-state index in [0.29, 0.717) is 22.6 Å². The van der Waals surface area contributed by atoms with Crippen LogP contribution in [0.4, 0.5) is 4.39 Å². The van der Waals surface area contributed by atoms with Crippen LogP contribution in [0, 0.1) is 12.7 Å². The highest BCUT2D eigenvalue weighted by molar-refractivity contribution is 5.96. The van der Waals surface area contributed by atoms with Crippen molar-refractivity contribution < 1.29 is 14.3 Å². The molecule has 3 rings (SSSR count). The van der Waals surface area contributed by atoms with Crippen molar-refractivity contribution in [1.29, 1.82) is 0 Å². The average Bonchev–Trinajstić information content (AvgIpc) is 2.87. The van der Waals surface area contributed by atoms with Gasteiger partial charge in [-0.05, 0) is 43.3 Å². The topological polar surface area (TPSA) is 68.0 Å². The van der Waals surface area contributed by atoms with Gasteiger partial charge in [0.2, 0.25) is 0 Å². The van der Waals surface area contributed by atoms with Gasteiger partial charge in [0.1, 0.15) is 17.1 Å². The van der Waals surface area contributed by atoms with Crippen LogP contribution < -0.4 is 0 Å². The van der Waals surface area contributed by atoms with Gasteiger partial charge in [-0.3, -0.25) is 4.98 Å². The summed E-state index contributed by atoms with van der Waals surface area (Å²) in [5.41, 5.74) is 2.12. The summed E-state index contributed by atoms with van der Waals surface area (Å²) in [5.74, 6) is -1.43. The molecule has 0 aliphatic heterocycles. The molecule has 0 aliphatic carbocycles. The fraction of sp³-hybridized carbons (Fsp3) is 0.0625. The van der Waals surface area contributed by atoms with Gasteiger partial charge < -0.3 is 5.11 Å². The molecule has 2 aromatic heterocycles. The molecule has 0 unspecified atom stereocenters. The van der Waals surface area contributed by atoms with Crippen LogP contribution >= 0.6 is 0 Å². The Labute approximate surface area is 125 Å². The molecular weight excluding hydrogens is 285 g/mol. The van der Waals surface area contributed by atoms with Crippen molar-refractivity contribution >= 4 is 5.97 Å². The fourth-order valence-corrected chi connectivity index (χ4v) is 2.30. The van der Waals surface area contributed by atoms with Crippen molar-refractivity contribution in [1.82, 2.24) is 14.8 Å². The number of pyridine rings is 1. The second-order valence-corrected chi connectivity index (χ2v) is 4.74. The van der Waals surface area contributed by atoms with E-state index < -0.39 is 5.97 Å². The standard InChI is InChI=1S/C16H12FN3O2/c1-10-14(16(21)22)15(11-3-2-8-18-9-11)19-20(10)13-6-4-12(17)5-7-13/h2-9H,1H3,(H,21,22). The van der Waals surface area contributed by atoms with Crippen molar-refractivity contribution in [3.8, 4) is 16.9 Å². The molecule has 0 saturated heterocycles. The van der Waals surface area contributed by atoms with Gasteiger partial charge in [-0.15, -0.1) is 0 Å². The number of carboxylic acid groups (broad SMARTS) is 1. The number of benzene rings is 1. The van der Waals surface area contributed by atoms with Gasteiger partial charge in [0.05, 0.1) is 11.4 Å². The van der Waals surface area contributed by atoms with Gasteiger partial charge in [-0.1, -0.05) is 0 Å². The predicted octanol–water partition coefficient (Wildman–Crippen LogP) is 3.08. The zero-order valence-corrected chi connectivity index (χ0v) is 11.7. The Morgan fingerprint density at radius 2 is 1.95 bits per heavy atom. The van der Waals surface area contributed by atoms with Crippen LogP contribution in [0.1, 0.15) is 16.1 Å². The van der Waals surface area contributed by atoms with Gasteiger partial charge in [0.15, 0.2) is 0 Å². The van der Waals surface area contributed by atoms with Crippen molar-refractivity contribution in [3.63, 3.8) is 0 Å². The molecule has 0 radical (unpaired) electrons. The van der Waals surface area contributed by atoms with E-state index >= 15 is 0 Å². The van der Waals surface area contributed by atoms with Crippen LogP contribution in [-0.4, -0.2) is 25.8 Å². The van der Waals surface area contributed by atoms with Gasteiger partial charge in [-0.2, -0.15) is 5.10 Å². The maximum absolute atomic E-state index is 13.0. The molecule has 0 atom stereocenters. The third-order valence-corrected chi connectivity index (χ3v) is 3.34. The number of hydrogen-bond acceptors (Lipinski definition) is 3. The summed E-state index contributed by atoms with van der Waals surface area (Å²) in [6.45, 7) is 1.67. The van der Waals surface area contributed by atoms with E-state index in [-0.39, 0.29) is 11.4 Å². The minimum Gasteiger partial charge on any atom is -0.478 e. The maximum atomic E-state index is 13.0. The van der Waals surface area contributed by atoms with Crippen LogP contribution in [0.5, 0.6) is 0 Å². The molecule has 22 heavy (non-hydrogen) atoms. The highest BCUT2D eigenvalue weighted by Crippen LogP contribution is 2.26. The van der Waals surface area contributed by atoms with Crippen molar-refractivity contribution in [2.45, 2.75) is 6.92 Å². The van der Waals surface area contributed by atoms with Gasteiger partial charge in [0.25, 0.3) is 0 Å². The first-order valence-electron chi connectivity index (χ1n) is 6.57. The van der Waals surface area contributed by atoms with E-state index in [2.05, 4.69) is 10.1 Å². The quantitative estimate of drug-likeness (QED) is 0.806. The lowest BCUT2D eigenvalue weighted by atomic mass is 10.1. The van der Waals surface area contributed by atoms with E-state index in [1.807, 2.05) is 0 Å². The second-order valence-electron chi connectivity index (χ2n) is 4.74. The van der Waals surface area contributed by atoms with Crippen molar-refractivity contribution in [3.05, 3.63) is 65.9 Å². The molecule has 110 valence electrons. The Bertz CT molecular complexity index is 827. The van der Waals surface area contributed by atoms with E-state index in [0.717, 1.165) is 0 Å². The van der Waals surface area contributed by atoms with Crippen molar-refractivity contribution in [2.24, 2.45) is 0 Å². The summed E-state index contributed by atoms with van der Waals surface area (Å²) in [7, 11) is 0. The first-order chi connectivity index (χ1) is 10.6. The first-order valence-corrected chi connectivity index (χ1v) is 6.57. The largest absolute Gasteiger partial charge is 0.478 e. The van der Waals surface area contributed by atoms with E-state index in [1.165, 1.54) is 16.8 Å². The van der Waals surface area contributed by atoms with Gasteiger partial charge >= 0.3 is 5.97 Å².